The van der Waals surface area contributed by atoms with Gasteiger partial charge in [0.1, 0.15) is 5.58 Å². The van der Waals surface area contributed by atoms with Crippen molar-refractivity contribution >= 4 is 28.7 Å². The molecule has 1 aromatic heterocycles. The summed E-state index contributed by atoms with van der Waals surface area (Å²) in [5, 5.41) is 11.8. The summed E-state index contributed by atoms with van der Waals surface area (Å²) in [6.45, 7) is 1.91. The van der Waals surface area contributed by atoms with Crippen LogP contribution < -0.4 is 10.9 Å². The molecule has 2 aromatic rings. The van der Waals surface area contributed by atoms with Gasteiger partial charge in [-0.2, -0.15) is 0 Å². The molecule has 0 atom stereocenters. The minimum atomic E-state index is -1.05. The standard InChI is InChI=1S/C14H13NO6/c1-2-20-14(19)15-9-3-4-10-8(5-12(16)17)6-13(18)21-11(10)7-9/h3-4,6-7H,2,5H2,1H3,(H,15,19)(H,16,17). The first-order valence-corrected chi connectivity index (χ1v) is 6.22. The van der Waals surface area contributed by atoms with E-state index in [-0.39, 0.29) is 18.6 Å². The third-order valence-corrected chi connectivity index (χ3v) is 2.69. The minimum Gasteiger partial charge on any atom is -0.481 e. The number of rotatable bonds is 4. The fraction of sp³-hybridized carbons (Fsp3) is 0.214. The fourth-order valence-corrected chi connectivity index (χ4v) is 1.90. The average Bonchev–Trinajstić information content (AvgIpc) is 2.37. The molecular weight excluding hydrogens is 278 g/mol. The molecule has 7 heteroatoms. The molecular formula is C14H13NO6. The van der Waals surface area contributed by atoms with Gasteiger partial charge in [0.2, 0.25) is 0 Å². The van der Waals surface area contributed by atoms with Crippen molar-refractivity contribution in [3.8, 4) is 0 Å². The van der Waals surface area contributed by atoms with E-state index < -0.39 is 17.7 Å². The lowest BCUT2D eigenvalue weighted by atomic mass is 10.1. The monoisotopic (exact) mass is 291 g/mol. The number of carboxylic acid groups (broad SMARTS) is 1. The first-order chi connectivity index (χ1) is 9.99. The summed E-state index contributed by atoms with van der Waals surface area (Å²) in [7, 11) is 0. The van der Waals surface area contributed by atoms with E-state index in [1.54, 1.807) is 19.1 Å². The summed E-state index contributed by atoms with van der Waals surface area (Å²) in [5.41, 5.74) is 0.299. The summed E-state index contributed by atoms with van der Waals surface area (Å²) >= 11 is 0. The lowest BCUT2D eigenvalue weighted by Gasteiger charge is -2.07. The van der Waals surface area contributed by atoms with Crippen LogP contribution in [-0.2, 0) is 16.0 Å². The Labute approximate surface area is 119 Å². The molecule has 1 heterocycles. The van der Waals surface area contributed by atoms with Crippen LogP contribution in [0.5, 0.6) is 0 Å². The third-order valence-electron chi connectivity index (χ3n) is 2.69. The van der Waals surface area contributed by atoms with E-state index in [4.69, 9.17) is 14.3 Å². The van der Waals surface area contributed by atoms with Crippen molar-refractivity contribution in [1.29, 1.82) is 0 Å². The van der Waals surface area contributed by atoms with Crippen LogP contribution in [-0.4, -0.2) is 23.8 Å². The second-order valence-electron chi connectivity index (χ2n) is 4.22. The molecule has 21 heavy (non-hydrogen) atoms. The average molecular weight is 291 g/mol. The molecule has 0 unspecified atom stereocenters. The molecule has 110 valence electrons. The number of carbonyl (C=O) groups is 2. The van der Waals surface area contributed by atoms with Gasteiger partial charge in [0, 0.05) is 23.2 Å². The molecule has 0 radical (unpaired) electrons. The second kappa shape index (κ2) is 6.08. The number of carboxylic acids is 1. The molecule has 0 aliphatic heterocycles. The van der Waals surface area contributed by atoms with Gasteiger partial charge in [-0.3, -0.25) is 10.1 Å². The van der Waals surface area contributed by atoms with E-state index in [1.165, 1.54) is 6.07 Å². The zero-order valence-corrected chi connectivity index (χ0v) is 11.2. The molecule has 1 amide bonds. The number of ether oxygens (including phenoxy) is 1. The largest absolute Gasteiger partial charge is 0.481 e. The molecule has 0 aliphatic rings. The van der Waals surface area contributed by atoms with Crippen LogP contribution in [0.1, 0.15) is 12.5 Å². The molecule has 0 fully saturated rings. The van der Waals surface area contributed by atoms with E-state index in [0.717, 1.165) is 6.07 Å². The summed E-state index contributed by atoms with van der Waals surface area (Å²) in [5.74, 6) is -1.05. The third kappa shape index (κ3) is 3.59. The van der Waals surface area contributed by atoms with E-state index in [0.29, 0.717) is 16.6 Å². The number of aliphatic carboxylic acids is 1. The highest BCUT2D eigenvalue weighted by molar-refractivity contribution is 5.91. The maximum Gasteiger partial charge on any atom is 0.411 e. The number of fused-ring (bicyclic) bond motifs is 1. The van der Waals surface area contributed by atoms with E-state index in [2.05, 4.69) is 5.32 Å². The fourth-order valence-electron chi connectivity index (χ4n) is 1.90. The van der Waals surface area contributed by atoms with Crippen LogP contribution in [0, 0.1) is 0 Å². The summed E-state index contributed by atoms with van der Waals surface area (Å²) in [4.78, 5) is 33.6. The Hall–Kier alpha value is -2.83. The van der Waals surface area contributed by atoms with Crippen LogP contribution in [0.4, 0.5) is 10.5 Å². The van der Waals surface area contributed by atoms with Crippen LogP contribution >= 0.6 is 0 Å². The Morgan fingerprint density at radius 2 is 2.10 bits per heavy atom. The molecule has 1 aromatic carbocycles. The Balaban J connectivity index is 2.41. The Morgan fingerprint density at radius 1 is 1.33 bits per heavy atom. The predicted octanol–water partition coefficient (Wildman–Crippen LogP) is 1.99. The lowest BCUT2D eigenvalue weighted by Crippen LogP contribution is -2.13. The highest BCUT2D eigenvalue weighted by atomic mass is 16.5. The Morgan fingerprint density at radius 3 is 2.76 bits per heavy atom. The van der Waals surface area contributed by atoms with Crippen molar-refractivity contribution in [3.05, 3.63) is 40.2 Å². The van der Waals surface area contributed by atoms with Crippen LogP contribution in [0.3, 0.4) is 0 Å². The SMILES string of the molecule is CCOC(=O)Nc1ccc2c(CC(=O)O)cc(=O)oc2c1. The molecule has 0 aliphatic carbocycles. The predicted molar refractivity (Wildman–Crippen MR) is 74.5 cm³/mol. The molecule has 0 spiro atoms. The maximum absolute atomic E-state index is 11.5. The summed E-state index contributed by atoms with van der Waals surface area (Å²) in [6.07, 6.45) is -0.909. The van der Waals surface area contributed by atoms with Gasteiger partial charge < -0.3 is 14.3 Å². The highest BCUT2D eigenvalue weighted by Gasteiger charge is 2.10. The number of hydrogen-bond acceptors (Lipinski definition) is 5. The van der Waals surface area contributed by atoms with Crippen molar-refractivity contribution < 1.29 is 23.8 Å². The van der Waals surface area contributed by atoms with Gasteiger partial charge in [0.05, 0.1) is 13.0 Å². The van der Waals surface area contributed by atoms with Crippen LogP contribution in [0.2, 0.25) is 0 Å². The van der Waals surface area contributed by atoms with Crippen molar-refractivity contribution in [2.45, 2.75) is 13.3 Å². The molecule has 0 saturated heterocycles. The zero-order chi connectivity index (χ0) is 15.4. The highest BCUT2D eigenvalue weighted by Crippen LogP contribution is 2.21. The van der Waals surface area contributed by atoms with Crippen molar-refractivity contribution in [3.63, 3.8) is 0 Å². The lowest BCUT2D eigenvalue weighted by molar-refractivity contribution is -0.136. The molecule has 2 N–H and O–H groups in total. The van der Waals surface area contributed by atoms with Crippen LogP contribution in [0.15, 0.2) is 33.5 Å². The van der Waals surface area contributed by atoms with Gasteiger partial charge in [-0.15, -0.1) is 0 Å². The number of carbonyl (C=O) groups excluding carboxylic acids is 1. The zero-order valence-electron chi connectivity index (χ0n) is 11.2. The van der Waals surface area contributed by atoms with Crippen molar-refractivity contribution in [2.75, 3.05) is 11.9 Å². The van der Waals surface area contributed by atoms with E-state index >= 15 is 0 Å². The van der Waals surface area contributed by atoms with Gasteiger partial charge >= 0.3 is 17.7 Å². The number of hydrogen-bond donors (Lipinski definition) is 2. The van der Waals surface area contributed by atoms with E-state index in [9.17, 15) is 14.4 Å². The topological polar surface area (TPSA) is 106 Å². The van der Waals surface area contributed by atoms with Crippen molar-refractivity contribution in [1.82, 2.24) is 0 Å². The van der Waals surface area contributed by atoms with E-state index in [1.807, 2.05) is 0 Å². The normalized spacial score (nSPS) is 10.3. The maximum atomic E-state index is 11.5. The molecule has 2 rings (SSSR count). The molecule has 0 saturated carbocycles. The first-order valence-electron chi connectivity index (χ1n) is 6.22. The van der Waals surface area contributed by atoms with Crippen LogP contribution in [0.25, 0.3) is 11.0 Å². The quantitative estimate of drug-likeness (QED) is 0.834. The van der Waals surface area contributed by atoms with Gasteiger partial charge in [0.15, 0.2) is 0 Å². The van der Waals surface area contributed by atoms with Gasteiger partial charge in [-0.1, -0.05) is 0 Å². The Bertz CT molecular complexity index is 749. The van der Waals surface area contributed by atoms with Gasteiger partial charge in [-0.05, 0) is 24.6 Å². The summed E-state index contributed by atoms with van der Waals surface area (Å²) < 4.78 is 9.76. The number of anilines is 1. The molecule has 0 bridgehead atoms. The molecule has 7 nitrogen and oxygen atoms in total. The smallest absolute Gasteiger partial charge is 0.411 e. The van der Waals surface area contributed by atoms with Gasteiger partial charge in [-0.25, -0.2) is 9.59 Å². The van der Waals surface area contributed by atoms with Crippen molar-refractivity contribution in [2.24, 2.45) is 0 Å². The Kier molecular flexibility index (Phi) is 4.22. The number of nitrogens with one attached hydrogen (secondary N) is 1. The first kappa shape index (κ1) is 14.6. The minimum absolute atomic E-state index is 0.202. The second-order valence-corrected chi connectivity index (χ2v) is 4.22. The van der Waals surface area contributed by atoms with Gasteiger partial charge in [0.25, 0.3) is 0 Å². The number of benzene rings is 1. The summed E-state index contributed by atoms with van der Waals surface area (Å²) in [6, 6.07) is 5.75. The number of amides is 1.